The molecule has 0 N–H and O–H groups in total. The van der Waals surface area contributed by atoms with Crippen molar-refractivity contribution in [2.24, 2.45) is 0 Å². The second-order valence-corrected chi connectivity index (χ2v) is 4.46. The van der Waals surface area contributed by atoms with Gasteiger partial charge in [-0.15, -0.1) is 0 Å². The number of ketones is 1. The number of benzene rings is 1. The van der Waals surface area contributed by atoms with Crippen LogP contribution in [0.5, 0.6) is 5.75 Å². The highest BCUT2D eigenvalue weighted by Gasteiger charge is 2.25. The summed E-state index contributed by atoms with van der Waals surface area (Å²) in [5.74, 6) is 1.05. The number of methoxy groups -OCH3 is 1. The minimum atomic E-state index is -0.168. The fourth-order valence-electron chi connectivity index (χ4n) is 1.92. The van der Waals surface area contributed by atoms with Gasteiger partial charge in [0.15, 0.2) is 0 Å². The van der Waals surface area contributed by atoms with Crippen LogP contribution in [0.25, 0.3) is 0 Å². The average molecular weight is 206 g/mol. The Bertz CT molecular complexity index is 353. The van der Waals surface area contributed by atoms with Gasteiger partial charge in [0.25, 0.3) is 0 Å². The number of ether oxygens (including phenoxy) is 1. The maximum absolute atomic E-state index is 11.2. The first-order valence-corrected chi connectivity index (χ1v) is 5.10. The third-order valence-corrected chi connectivity index (χ3v) is 2.53. The van der Waals surface area contributed by atoms with Crippen molar-refractivity contribution in [3.05, 3.63) is 29.8 Å². The van der Waals surface area contributed by atoms with E-state index in [9.17, 15) is 4.79 Å². The first-order chi connectivity index (χ1) is 6.97. The molecule has 0 radical (unpaired) electrons. The summed E-state index contributed by atoms with van der Waals surface area (Å²) in [6.07, 6.45) is 0.535. The van der Waals surface area contributed by atoms with Crippen LogP contribution in [0.2, 0.25) is 0 Å². The molecule has 82 valence electrons. The van der Waals surface area contributed by atoms with E-state index in [4.69, 9.17) is 4.74 Å². The van der Waals surface area contributed by atoms with Crippen LogP contribution in [0.3, 0.4) is 0 Å². The molecule has 0 aliphatic rings. The molecule has 0 fully saturated rings. The average Bonchev–Trinajstić information content (AvgIpc) is 2.16. The lowest BCUT2D eigenvalue weighted by molar-refractivity contribution is -0.118. The van der Waals surface area contributed by atoms with E-state index in [1.807, 2.05) is 24.3 Å². The molecule has 0 heterocycles. The Morgan fingerprint density at radius 1 is 1.33 bits per heavy atom. The van der Waals surface area contributed by atoms with E-state index in [0.29, 0.717) is 6.42 Å². The zero-order chi connectivity index (χ0) is 11.5. The van der Waals surface area contributed by atoms with Crippen LogP contribution in [0.1, 0.15) is 32.8 Å². The molecule has 0 atom stereocenters. The van der Waals surface area contributed by atoms with Crippen LogP contribution in [0.4, 0.5) is 0 Å². The molecule has 1 rings (SSSR count). The third-order valence-electron chi connectivity index (χ3n) is 2.53. The van der Waals surface area contributed by atoms with Crippen LogP contribution in [0, 0.1) is 0 Å². The molecule has 0 saturated carbocycles. The van der Waals surface area contributed by atoms with Crippen LogP contribution in [-0.2, 0) is 10.2 Å². The summed E-state index contributed by atoms with van der Waals surface area (Å²) in [6.45, 7) is 5.75. The molecule has 1 aromatic rings. The molecule has 1 aromatic carbocycles. The van der Waals surface area contributed by atoms with Gasteiger partial charge in [0.1, 0.15) is 11.5 Å². The van der Waals surface area contributed by atoms with Crippen molar-refractivity contribution in [2.75, 3.05) is 7.11 Å². The van der Waals surface area contributed by atoms with Crippen LogP contribution in [0.15, 0.2) is 24.3 Å². The number of Topliss-reactive ketones (excluding diaryl/α,β-unsaturated/α-hetero) is 1. The summed E-state index contributed by atoms with van der Waals surface area (Å²) in [5, 5.41) is 0. The van der Waals surface area contributed by atoms with Crippen molar-refractivity contribution in [1.82, 2.24) is 0 Å². The highest BCUT2D eigenvalue weighted by atomic mass is 16.5. The summed E-state index contributed by atoms with van der Waals surface area (Å²) in [6, 6.07) is 7.85. The first kappa shape index (κ1) is 11.8. The largest absolute Gasteiger partial charge is 0.496 e. The SMILES string of the molecule is COc1ccccc1C(C)(C)CC(C)=O. The molecule has 0 aliphatic heterocycles. The van der Waals surface area contributed by atoms with E-state index in [-0.39, 0.29) is 11.2 Å². The second kappa shape index (κ2) is 4.47. The molecule has 0 amide bonds. The Hall–Kier alpha value is -1.31. The molecule has 0 aromatic heterocycles. The van der Waals surface area contributed by atoms with E-state index >= 15 is 0 Å². The molecule has 0 unspecified atom stereocenters. The normalized spacial score (nSPS) is 11.2. The Morgan fingerprint density at radius 3 is 2.47 bits per heavy atom. The van der Waals surface area contributed by atoms with Crippen molar-refractivity contribution < 1.29 is 9.53 Å². The summed E-state index contributed by atoms with van der Waals surface area (Å²) >= 11 is 0. The van der Waals surface area contributed by atoms with Crippen molar-refractivity contribution in [3.63, 3.8) is 0 Å². The van der Waals surface area contributed by atoms with Gasteiger partial charge in [-0.2, -0.15) is 0 Å². The monoisotopic (exact) mass is 206 g/mol. The molecular formula is C13H18O2. The molecule has 0 saturated heterocycles. The molecule has 0 aliphatic carbocycles. The smallest absolute Gasteiger partial charge is 0.130 e. The van der Waals surface area contributed by atoms with Gasteiger partial charge in [-0.1, -0.05) is 32.0 Å². The Morgan fingerprint density at radius 2 is 1.93 bits per heavy atom. The minimum absolute atomic E-state index is 0.168. The van der Waals surface area contributed by atoms with Gasteiger partial charge >= 0.3 is 0 Å². The van der Waals surface area contributed by atoms with Crippen molar-refractivity contribution >= 4 is 5.78 Å². The quantitative estimate of drug-likeness (QED) is 0.757. The van der Waals surface area contributed by atoms with Gasteiger partial charge in [-0.05, 0) is 13.0 Å². The second-order valence-electron chi connectivity index (χ2n) is 4.46. The van der Waals surface area contributed by atoms with Crippen molar-refractivity contribution in [3.8, 4) is 5.75 Å². The fraction of sp³-hybridized carbons (Fsp3) is 0.462. The number of hydrogen-bond donors (Lipinski definition) is 0. The fourth-order valence-corrected chi connectivity index (χ4v) is 1.92. The van der Waals surface area contributed by atoms with E-state index in [1.165, 1.54) is 0 Å². The van der Waals surface area contributed by atoms with E-state index in [0.717, 1.165) is 11.3 Å². The van der Waals surface area contributed by atoms with Crippen molar-refractivity contribution in [2.45, 2.75) is 32.6 Å². The number of rotatable bonds is 4. The predicted molar refractivity (Wildman–Crippen MR) is 61.3 cm³/mol. The van der Waals surface area contributed by atoms with Gasteiger partial charge < -0.3 is 4.74 Å². The molecule has 0 bridgehead atoms. The van der Waals surface area contributed by atoms with Gasteiger partial charge in [-0.3, -0.25) is 4.79 Å². The Kier molecular flexibility index (Phi) is 3.51. The number of carbonyl (C=O) groups excluding carboxylic acids is 1. The molecular weight excluding hydrogens is 188 g/mol. The van der Waals surface area contributed by atoms with E-state index in [1.54, 1.807) is 14.0 Å². The zero-order valence-electron chi connectivity index (χ0n) is 9.83. The third kappa shape index (κ3) is 2.82. The maximum atomic E-state index is 11.2. The van der Waals surface area contributed by atoms with E-state index in [2.05, 4.69) is 13.8 Å². The van der Waals surface area contributed by atoms with Gasteiger partial charge in [0.05, 0.1) is 7.11 Å². The number of hydrogen-bond acceptors (Lipinski definition) is 2. The molecule has 15 heavy (non-hydrogen) atoms. The molecule has 2 nitrogen and oxygen atoms in total. The van der Waals surface area contributed by atoms with Crippen molar-refractivity contribution in [1.29, 1.82) is 0 Å². The zero-order valence-corrected chi connectivity index (χ0v) is 9.83. The molecule has 2 heteroatoms. The first-order valence-electron chi connectivity index (χ1n) is 5.10. The summed E-state index contributed by atoms with van der Waals surface area (Å²) < 4.78 is 5.30. The van der Waals surface area contributed by atoms with Crippen LogP contribution in [-0.4, -0.2) is 12.9 Å². The maximum Gasteiger partial charge on any atom is 0.130 e. The summed E-state index contributed by atoms with van der Waals surface area (Å²) in [7, 11) is 1.66. The Labute approximate surface area is 91.3 Å². The number of carbonyl (C=O) groups is 1. The lowest BCUT2D eigenvalue weighted by atomic mass is 9.80. The summed E-state index contributed by atoms with van der Waals surface area (Å²) in [5.41, 5.74) is 0.918. The topological polar surface area (TPSA) is 26.3 Å². The van der Waals surface area contributed by atoms with Crippen LogP contribution < -0.4 is 4.74 Å². The van der Waals surface area contributed by atoms with Gasteiger partial charge in [0.2, 0.25) is 0 Å². The predicted octanol–water partition coefficient (Wildman–Crippen LogP) is 2.95. The minimum Gasteiger partial charge on any atom is -0.496 e. The Balaban J connectivity index is 3.07. The molecule has 0 spiro atoms. The standard InChI is InChI=1S/C13H18O2/c1-10(14)9-13(2,3)11-7-5-6-8-12(11)15-4/h5-8H,9H2,1-4H3. The number of para-hydroxylation sites is 1. The lowest BCUT2D eigenvalue weighted by Crippen LogP contribution is -2.21. The highest BCUT2D eigenvalue weighted by Crippen LogP contribution is 2.33. The highest BCUT2D eigenvalue weighted by molar-refractivity contribution is 5.77. The van der Waals surface area contributed by atoms with E-state index < -0.39 is 0 Å². The summed E-state index contributed by atoms with van der Waals surface area (Å²) in [4.78, 5) is 11.2. The van der Waals surface area contributed by atoms with Gasteiger partial charge in [0, 0.05) is 17.4 Å². The van der Waals surface area contributed by atoms with Crippen LogP contribution >= 0.6 is 0 Å². The van der Waals surface area contributed by atoms with Gasteiger partial charge in [-0.25, -0.2) is 0 Å². The lowest BCUT2D eigenvalue weighted by Gasteiger charge is -2.25.